The zero-order valence-electron chi connectivity index (χ0n) is 20.4. The number of rotatable bonds is 2. The molecule has 2 heterocycles. The fourth-order valence-electron chi connectivity index (χ4n) is 6.44. The SMILES string of the molecule is CC(C)c1nc2c(c3c1[C@@H](c1ccc(C(F)(F)F)cc1)OC31CCCCC1)[C@@H](O)CC(C)(C)C2. The summed E-state index contributed by atoms with van der Waals surface area (Å²) in [4.78, 5) is 5.12. The Hall–Kier alpha value is -1.92. The lowest BCUT2D eigenvalue weighted by atomic mass is 9.68. The van der Waals surface area contributed by atoms with Crippen LogP contribution >= 0.6 is 0 Å². The van der Waals surface area contributed by atoms with Crippen molar-refractivity contribution in [2.45, 2.75) is 103 Å². The van der Waals surface area contributed by atoms with Crippen molar-refractivity contribution in [1.82, 2.24) is 4.98 Å². The second kappa shape index (κ2) is 8.06. The first kappa shape index (κ1) is 23.8. The largest absolute Gasteiger partial charge is 0.416 e. The molecule has 0 amide bonds. The zero-order chi connectivity index (χ0) is 24.5. The fraction of sp³-hybridized carbons (Fsp3) is 0.607. The topological polar surface area (TPSA) is 42.4 Å². The van der Waals surface area contributed by atoms with Crippen molar-refractivity contribution < 1.29 is 23.0 Å². The Morgan fingerprint density at radius 1 is 1.03 bits per heavy atom. The standard InChI is InChI=1S/C28H34F3NO2/c1-16(2)24-22-23(21-19(32-24)14-26(3,4)15-20(21)33)27(12-6-5-7-13-27)34-25(22)17-8-10-18(11-9-17)28(29,30)31/h8-11,16,20,25,33H,5-7,12-15H2,1-4H3/t20-,25+/m0/s1. The summed E-state index contributed by atoms with van der Waals surface area (Å²) < 4.78 is 46.5. The van der Waals surface area contributed by atoms with Gasteiger partial charge >= 0.3 is 6.18 Å². The molecule has 1 saturated carbocycles. The number of aromatic nitrogens is 1. The van der Waals surface area contributed by atoms with Crippen molar-refractivity contribution in [3.63, 3.8) is 0 Å². The summed E-state index contributed by atoms with van der Waals surface area (Å²) in [5.74, 6) is 0.125. The predicted octanol–water partition coefficient (Wildman–Crippen LogP) is 7.51. The third kappa shape index (κ3) is 3.87. The van der Waals surface area contributed by atoms with Crippen molar-refractivity contribution in [1.29, 1.82) is 0 Å². The average Bonchev–Trinajstić information content (AvgIpc) is 3.06. The highest BCUT2D eigenvalue weighted by Gasteiger charge is 2.52. The Balaban J connectivity index is 1.74. The molecule has 1 fully saturated rings. The zero-order valence-corrected chi connectivity index (χ0v) is 20.4. The number of hydrogen-bond donors (Lipinski definition) is 1. The van der Waals surface area contributed by atoms with E-state index in [4.69, 9.17) is 9.72 Å². The number of aliphatic hydroxyl groups is 1. The lowest BCUT2D eigenvalue weighted by Crippen LogP contribution is -2.34. The van der Waals surface area contributed by atoms with Crippen molar-refractivity contribution >= 4 is 0 Å². The molecule has 6 heteroatoms. The minimum absolute atomic E-state index is 0.0477. The molecule has 1 aromatic heterocycles. The summed E-state index contributed by atoms with van der Waals surface area (Å²) in [5, 5.41) is 11.4. The molecule has 0 bridgehead atoms. The highest BCUT2D eigenvalue weighted by atomic mass is 19.4. The Morgan fingerprint density at radius 3 is 2.26 bits per heavy atom. The fourth-order valence-corrected chi connectivity index (χ4v) is 6.44. The van der Waals surface area contributed by atoms with E-state index in [2.05, 4.69) is 27.7 Å². The van der Waals surface area contributed by atoms with Crippen LogP contribution in [0.2, 0.25) is 0 Å². The smallest absolute Gasteiger partial charge is 0.388 e. The Bertz CT molecular complexity index is 1080. The van der Waals surface area contributed by atoms with Gasteiger partial charge in [0.15, 0.2) is 0 Å². The minimum atomic E-state index is -4.38. The third-order valence-corrected chi connectivity index (χ3v) is 7.92. The van der Waals surface area contributed by atoms with Gasteiger partial charge in [0.25, 0.3) is 0 Å². The summed E-state index contributed by atoms with van der Waals surface area (Å²) in [6, 6.07) is 5.37. The quantitative estimate of drug-likeness (QED) is 0.491. The van der Waals surface area contributed by atoms with Crippen LogP contribution in [0.15, 0.2) is 24.3 Å². The molecule has 5 rings (SSSR count). The van der Waals surface area contributed by atoms with Gasteiger partial charge in [0, 0.05) is 22.5 Å². The molecule has 0 radical (unpaired) electrons. The van der Waals surface area contributed by atoms with Gasteiger partial charge in [0.05, 0.1) is 17.3 Å². The molecule has 1 N–H and O–H groups in total. The van der Waals surface area contributed by atoms with Gasteiger partial charge in [-0.3, -0.25) is 4.98 Å². The second-order valence-electron chi connectivity index (χ2n) is 11.5. The number of halogens is 3. The van der Waals surface area contributed by atoms with E-state index >= 15 is 0 Å². The summed E-state index contributed by atoms with van der Waals surface area (Å²) in [6.07, 6.45) is 0.932. The van der Waals surface area contributed by atoms with E-state index in [9.17, 15) is 18.3 Å². The molecular formula is C28H34F3NO2. The van der Waals surface area contributed by atoms with Crippen LogP contribution in [0.1, 0.15) is 124 Å². The van der Waals surface area contributed by atoms with Crippen LogP contribution in [0, 0.1) is 5.41 Å². The van der Waals surface area contributed by atoms with Crippen molar-refractivity contribution in [2.24, 2.45) is 5.41 Å². The third-order valence-electron chi connectivity index (χ3n) is 7.92. The van der Waals surface area contributed by atoms with E-state index in [0.717, 1.165) is 78.7 Å². The van der Waals surface area contributed by atoms with Gasteiger partial charge in [-0.2, -0.15) is 13.2 Å². The molecule has 184 valence electrons. The van der Waals surface area contributed by atoms with Gasteiger partial charge < -0.3 is 9.84 Å². The summed E-state index contributed by atoms with van der Waals surface area (Å²) in [7, 11) is 0. The maximum atomic E-state index is 13.2. The van der Waals surface area contributed by atoms with Crippen LogP contribution in [0.25, 0.3) is 0 Å². The van der Waals surface area contributed by atoms with Gasteiger partial charge in [-0.15, -0.1) is 0 Å². The highest BCUT2D eigenvalue weighted by molar-refractivity contribution is 5.54. The molecule has 1 aliphatic heterocycles. The van der Waals surface area contributed by atoms with Crippen LogP contribution in [-0.2, 0) is 22.9 Å². The molecule has 2 atom stereocenters. The van der Waals surface area contributed by atoms with Gasteiger partial charge in [0.1, 0.15) is 6.10 Å². The number of nitrogens with zero attached hydrogens (tertiary/aromatic N) is 1. The van der Waals surface area contributed by atoms with E-state index < -0.39 is 29.5 Å². The normalized spacial score (nSPS) is 25.4. The highest BCUT2D eigenvalue weighted by Crippen LogP contribution is 2.58. The lowest BCUT2D eigenvalue weighted by Gasteiger charge is -2.40. The molecular weight excluding hydrogens is 439 g/mol. The molecule has 1 spiro atoms. The maximum Gasteiger partial charge on any atom is 0.416 e. The summed E-state index contributed by atoms with van der Waals surface area (Å²) in [6.45, 7) is 8.55. The van der Waals surface area contributed by atoms with E-state index in [0.29, 0.717) is 12.0 Å². The van der Waals surface area contributed by atoms with Gasteiger partial charge in [0.2, 0.25) is 0 Å². The van der Waals surface area contributed by atoms with Gasteiger partial charge in [-0.1, -0.05) is 59.1 Å². The van der Waals surface area contributed by atoms with E-state index in [-0.39, 0.29) is 11.3 Å². The first-order valence-electron chi connectivity index (χ1n) is 12.5. The van der Waals surface area contributed by atoms with Crippen LogP contribution in [0.4, 0.5) is 13.2 Å². The molecule has 0 saturated heterocycles. The summed E-state index contributed by atoms with van der Waals surface area (Å²) >= 11 is 0. The van der Waals surface area contributed by atoms with Crippen LogP contribution in [0.5, 0.6) is 0 Å². The molecule has 0 unspecified atom stereocenters. The Kier molecular flexibility index (Phi) is 5.64. The van der Waals surface area contributed by atoms with Crippen molar-refractivity contribution in [3.8, 4) is 0 Å². The van der Waals surface area contributed by atoms with E-state index in [1.54, 1.807) is 12.1 Å². The first-order chi connectivity index (χ1) is 15.9. The average molecular weight is 474 g/mol. The molecule has 1 aromatic carbocycles. The Morgan fingerprint density at radius 2 is 1.68 bits per heavy atom. The van der Waals surface area contributed by atoms with E-state index in [1.807, 2.05) is 0 Å². The van der Waals surface area contributed by atoms with Gasteiger partial charge in [-0.05, 0) is 60.3 Å². The molecule has 2 aromatic rings. The molecule has 3 nitrogen and oxygen atoms in total. The minimum Gasteiger partial charge on any atom is -0.388 e. The molecule has 34 heavy (non-hydrogen) atoms. The number of ether oxygens (including phenoxy) is 1. The number of alkyl halides is 3. The Labute approximate surface area is 199 Å². The first-order valence-corrected chi connectivity index (χ1v) is 12.5. The summed E-state index contributed by atoms with van der Waals surface area (Å²) in [5.41, 5.74) is 4.41. The van der Waals surface area contributed by atoms with Crippen LogP contribution in [-0.4, -0.2) is 10.1 Å². The lowest BCUT2D eigenvalue weighted by molar-refractivity contribution is -0.137. The van der Waals surface area contributed by atoms with Crippen molar-refractivity contribution in [3.05, 3.63) is 63.5 Å². The number of benzene rings is 1. The number of pyridine rings is 1. The molecule has 3 aliphatic rings. The number of hydrogen-bond acceptors (Lipinski definition) is 3. The van der Waals surface area contributed by atoms with E-state index in [1.165, 1.54) is 0 Å². The monoisotopic (exact) mass is 473 g/mol. The molecule has 2 aliphatic carbocycles. The van der Waals surface area contributed by atoms with Crippen molar-refractivity contribution in [2.75, 3.05) is 0 Å². The maximum absolute atomic E-state index is 13.2. The van der Waals surface area contributed by atoms with Gasteiger partial charge in [-0.25, -0.2) is 0 Å². The predicted molar refractivity (Wildman–Crippen MR) is 125 cm³/mol. The van der Waals surface area contributed by atoms with Crippen LogP contribution in [0.3, 0.4) is 0 Å². The van der Waals surface area contributed by atoms with Crippen LogP contribution < -0.4 is 0 Å². The number of fused-ring (bicyclic) bond motifs is 4. The second-order valence-corrected chi connectivity index (χ2v) is 11.5. The number of aliphatic hydroxyl groups excluding tert-OH is 1.